The molecule has 1 fully saturated rings. The minimum atomic E-state index is -3.84. The zero-order valence-electron chi connectivity index (χ0n) is 16.2. The van der Waals surface area contributed by atoms with Gasteiger partial charge in [-0.15, -0.1) is 5.10 Å². The minimum absolute atomic E-state index is 0.0131. The van der Waals surface area contributed by atoms with Crippen molar-refractivity contribution in [1.82, 2.24) is 19.0 Å². The smallest absolute Gasteiger partial charge is 0.362 e. The van der Waals surface area contributed by atoms with E-state index in [2.05, 4.69) is 20.1 Å². The molecule has 158 valence electrons. The van der Waals surface area contributed by atoms with Gasteiger partial charge >= 0.3 is 5.97 Å². The van der Waals surface area contributed by atoms with Crippen LogP contribution >= 0.6 is 11.5 Å². The summed E-state index contributed by atoms with van der Waals surface area (Å²) in [6.07, 6.45) is 1.03. The number of hydrogen-bond donors (Lipinski definition) is 1. The number of carbonyl (C=O) groups is 2. The molecule has 29 heavy (non-hydrogen) atoms. The van der Waals surface area contributed by atoms with Gasteiger partial charge in [-0.1, -0.05) is 9.64 Å². The van der Waals surface area contributed by atoms with Crippen LogP contribution in [0.2, 0.25) is 0 Å². The van der Waals surface area contributed by atoms with Crippen molar-refractivity contribution in [2.24, 2.45) is 5.92 Å². The summed E-state index contributed by atoms with van der Waals surface area (Å²) in [7, 11) is -3.84. The van der Waals surface area contributed by atoms with Gasteiger partial charge in [0.1, 0.15) is 10.6 Å². The standard InChI is InChI=1S/C16H21N5O6S2/c1-4-26-16(23)12-15(28-20-18-12)17-14(22)11-6-5-7-21(8-11)29(24,25)13-9(2)19-27-10(13)3/h11H,4-8H2,1-3H3,(H,17,22). The molecule has 11 nitrogen and oxygen atoms in total. The van der Waals surface area contributed by atoms with Gasteiger partial charge < -0.3 is 14.6 Å². The molecule has 3 heterocycles. The predicted molar refractivity (Wildman–Crippen MR) is 102 cm³/mol. The molecule has 1 atom stereocenters. The molecule has 2 aromatic heterocycles. The zero-order chi connectivity index (χ0) is 21.2. The number of hydrogen-bond acceptors (Lipinski definition) is 10. The van der Waals surface area contributed by atoms with E-state index in [-0.39, 0.29) is 40.2 Å². The summed E-state index contributed by atoms with van der Waals surface area (Å²) in [5.74, 6) is -1.46. The molecule has 2 aromatic rings. The van der Waals surface area contributed by atoms with Crippen molar-refractivity contribution in [1.29, 1.82) is 0 Å². The van der Waals surface area contributed by atoms with Gasteiger partial charge in [0.05, 0.1) is 12.5 Å². The van der Waals surface area contributed by atoms with Gasteiger partial charge in [-0.25, -0.2) is 13.2 Å². The third-order valence-electron chi connectivity index (χ3n) is 4.51. The Balaban J connectivity index is 1.74. The summed E-state index contributed by atoms with van der Waals surface area (Å²) >= 11 is 0.858. The third-order valence-corrected chi connectivity index (χ3v) is 7.27. The summed E-state index contributed by atoms with van der Waals surface area (Å²) in [5, 5.41) is 10.2. The molecule has 1 N–H and O–H groups in total. The lowest BCUT2D eigenvalue weighted by Crippen LogP contribution is -2.44. The van der Waals surface area contributed by atoms with Gasteiger partial charge in [-0.3, -0.25) is 4.79 Å². The Labute approximate surface area is 171 Å². The number of esters is 1. The van der Waals surface area contributed by atoms with Crippen molar-refractivity contribution in [3.63, 3.8) is 0 Å². The molecule has 13 heteroatoms. The quantitative estimate of drug-likeness (QED) is 0.654. The summed E-state index contributed by atoms with van der Waals surface area (Å²) in [5.41, 5.74) is 0.213. The zero-order valence-corrected chi connectivity index (χ0v) is 17.8. The molecule has 0 radical (unpaired) electrons. The second-order valence-electron chi connectivity index (χ2n) is 6.52. The molecule has 1 unspecified atom stereocenters. The molecule has 0 aliphatic carbocycles. The number of amides is 1. The van der Waals surface area contributed by atoms with Crippen LogP contribution < -0.4 is 5.32 Å². The van der Waals surface area contributed by atoms with Crippen LogP contribution in [0.25, 0.3) is 0 Å². The molecular formula is C16H21N5O6S2. The summed E-state index contributed by atoms with van der Waals surface area (Å²) in [6.45, 7) is 5.23. The maximum absolute atomic E-state index is 13.0. The molecule has 0 aromatic carbocycles. The number of aromatic nitrogens is 3. The van der Waals surface area contributed by atoms with Crippen molar-refractivity contribution >= 4 is 38.4 Å². The molecule has 1 amide bonds. The molecule has 0 spiro atoms. The molecular weight excluding hydrogens is 422 g/mol. The minimum Gasteiger partial charge on any atom is -0.461 e. The fourth-order valence-corrected chi connectivity index (χ4v) is 5.54. The topological polar surface area (TPSA) is 145 Å². The SMILES string of the molecule is CCOC(=O)c1nnsc1NC(=O)C1CCCN(S(=O)(=O)c2c(C)noc2C)C1. The van der Waals surface area contributed by atoms with Crippen LogP contribution in [0.15, 0.2) is 9.42 Å². The number of nitrogens with one attached hydrogen (secondary N) is 1. The highest BCUT2D eigenvalue weighted by molar-refractivity contribution is 7.89. The average Bonchev–Trinajstić information content (AvgIpc) is 3.28. The van der Waals surface area contributed by atoms with Crippen LogP contribution in [0.5, 0.6) is 0 Å². The third kappa shape index (κ3) is 4.31. The van der Waals surface area contributed by atoms with Crippen LogP contribution in [-0.2, 0) is 19.6 Å². The normalized spacial score (nSPS) is 17.8. The van der Waals surface area contributed by atoms with Crippen molar-refractivity contribution in [2.45, 2.75) is 38.5 Å². The first-order chi connectivity index (χ1) is 13.8. The van der Waals surface area contributed by atoms with Gasteiger partial charge in [-0.05, 0) is 33.6 Å². The fourth-order valence-electron chi connectivity index (χ4n) is 3.17. The van der Waals surface area contributed by atoms with Gasteiger partial charge in [0, 0.05) is 24.6 Å². The van der Waals surface area contributed by atoms with Gasteiger partial charge in [0.2, 0.25) is 21.6 Å². The van der Waals surface area contributed by atoms with E-state index in [4.69, 9.17) is 9.26 Å². The maximum atomic E-state index is 13.0. The van der Waals surface area contributed by atoms with Crippen LogP contribution in [0.4, 0.5) is 5.00 Å². The number of aryl methyl sites for hydroxylation is 2. The van der Waals surface area contributed by atoms with E-state index in [9.17, 15) is 18.0 Å². The Morgan fingerprint density at radius 1 is 1.38 bits per heavy atom. The van der Waals surface area contributed by atoms with E-state index in [1.165, 1.54) is 11.2 Å². The van der Waals surface area contributed by atoms with E-state index in [1.54, 1.807) is 13.8 Å². The molecule has 0 saturated carbocycles. The van der Waals surface area contributed by atoms with Crippen LogP contribution in [0.1, 0.15) is 41.7 Å². The molecule has 1 aliphatic rings. The summed E-state index contributed by atoms with van der Waals surface area (Å²) in [4.78, 5) is 24.7. The highest BCUT2D eigenvalue weighted by Crippen LogP contribution is 2.29. The Kier molecular flexibility index (Phi) is 6.29. The second-order valence-corrected chi connectivity index (χ2v) is 9.14. The lowest BCUT2D eigenvalue weighted by molar-refractivity contribution is -0.120. The Morgan fingerprint density at radius 2 is 2.14 bits per heavy atom. The summed E-state index contributed by atoms with van der Waals surface area (Å²) < 4.78 is 40.8. The number of nitrogens with zero attached hydrogens (tertiary/aromatic N) is 4. The monoisotopic (exact) mass is 443 g/mol. The largest absolute Gasteiger partial charge is 0.461 e. The van der Waals surface area contributed by atoms with Crippen molar-refractivity contribution in [2.75, 3.05) is 25.0 Å². The molecule has 1 aliphatic heterocycles. The number of carbonyl (C=O) groups excluding carboxylic acids is 2. The first kappa shape index (κ1) is 21.3. The van der Waals surface area contributed by atoms with Gasteiger partial charge in [0.25, 0.3) is 0 Å². The van der Waals surface area contributed by atoms with Gasteiger partial charge in [-0.2, -0.15) is 4.31 Å². The van der Waals surface area contributed by atoms with E-state index >= 15 is 0 Å². The highest BCUT2D eigenvalue weighted by atomic mass is 32.2. The highest BCUT2D eigenvalue weighted by Gasteiger charge is 2.37. The van der Waals surface area contributed by atoms with Gasteiger partial charge in [0.15, 0.2) is 10.8 Å². The lowest BCUT2D eigenvalue weighted by Gasteiger charge is -2.30. The summed E-state index contributed by atoms with van der Waals surface area (Å²) in [6, 6.07) is 0. The predicted octanol–water partition coefficient (Wildman–Crippen LogP) is 1.36. The molecule has 1 saturated heterocycles. The van der Waals surface area contributed by atoms with Crippen molar-refractivity contribution in [3.8, 4) is 0 Å². The van der Waals surface area contributed by atoms with Crippen molar-refractivity contribution < 1.29 is 27.3 Å². The van der Waals surface area contributed by atoms with Crippen LogP contribution in [0.3, 0.4) is 0 Å². The number of sulfonamides is 1. The number of piperidine rings is 1. The first-order valence-electron chi connectivity index (χ1n) is 8.99. The first-order valence-corrected chi connectivity index (χ1v) is 11.2. The Hall–Kier alpha value is -2.38. The van der Waals surface area contributed by atoms with E-state index < -0.39 is 27.8 Å². The molecule has 0 bridgehead atoms. The average molecular weight is 444 g/mol. The Morgan fingerprint density at radius 3 is 2.79 bits per heavy atom. The van der Waals surface area contributed by atoms with E-state index in [0.29, 0.717) is 19.4 Å². The maximum Gasteiger partial charge on any atom is 0.362 e. The fraction of sp³-hybridized carbons (Fsp3) is 0.562. The number of anilines is 1. The second kappa shape index (κ2) is 8.55. The number of ether oxygens (including phenoxy) is 1. The van der Waals surface area contributed by atoms with E-state index in [0.717, 1.165) is 11.5 Å². The Bertz CT molecular complexity index is 995. The number of rotatable bonds is 6. The van der Waals surface area contributed by atoms with E-state index in [1.807, 2.05) is 0 Å². The van der Waals surface area contributed by atoms with Crippen LogP contribution in [-0.4, -0.2) is 59.0 Å². The van der Waals surface area contributed by atoms with Crippen LogP contribution in [0, 0.1) is 19.8 Å². The lowest BCUT2D eigenvalue weighted by atomic mass is 9.99. The molecule has 3 rings (SSSR count). The van der Waals surface area contributed by atoms with Crippen molar-refractivity contribution in [3.05, 3.63) is 17.1 Å².